The second kappa shape index (κ2) is 9.12. The molecule has 0 saturated carbocycles. The lowest BCUT2D eigenvalue weighted by atomic mass is 9.82. The van der Waals surface area contributed by atoms with Gasteiger partial charge in [0, 0.05) is 42.3 Å². The van der Waals surface area contributed by atoms with Gasteiger partial charge >= 0.3 is 0 Å². The van der Waals surface area contributed by atoms with Crippen molar-refractivity contribution in [3.8, 4) is 11.5 Å². The Morgan fingerprint density at radius 2 is 1.38 bits per heavy atom. The standard InChI is InChI=1S/C24H26N2O6/c27-13-11-25(12-14-28)8-3-4-9-26-10-7-17-20(26)24(32)19-18(23(17)31)21(29)15-5-1-2-6-16(15)22(19)30/h1-2,5-7,10,27-28,31-32H,3-4,8-9,11-14H2. The molecular formula is C24H26N2O6. The van der Waals surface area contributed by atoms with Crippen molar-refractivity contribution in [2.75, 3.05) is 32.8 Å². The molecule has 0 radical (unpaired) electrons. The van der Waals surface area contributed by atoms with Crippen LogP contribution < -0.4 is 0 Å². The lowest BCUT2D eigenvalue weighted by Gasteiger charge is -2.21. The van der Waals surface area contributed by atoms with Gasteiger partial charge in [0.05, 0.1) is 29.9 Å². The third-order valence-corrected chi connectivity index (χ3v) is 5.99. The molecule has 0 amide bonds. The molecule has 3 aromatic rings. The number of aryl methyl sites for hydroxylation is 1. The number of unbranched alkanes of at least 4 members (excludes halogenated alkanes) is 1. The van der Waals surface area contributed by atoms with Crippen LogP contribution in [0, 0.1) is 0 Å². The highest BCUT2D eigenvalue weighted by Gasteiger charge is 2.36. The van der Waals surface area contributed by atoms with Crippen molar-refractivity contribution in [2.24, 2.45) is 0 Å². The summed E-state index contributed by atoms with van der Waals surface area (Å²) in [4.78, 5) is 28.0. The minimum absolute atomic E-state index is 0.0242. The van der Waals surface area contributed by atoms with Gasteiger partial charge in [-0.05, 0) is 25.5 Å². The van der Waals surface area contributed by atoms with Gasteiger partial charge in [-0.25, -0.2) is 0 Å². The van der Waals surface area contributed by atoms with Crippen LogP contribution in [-0.4, -0.2) is 74.3 Å². The van der Waals surface area contributed by atoms with E-state index in [0.29, 0.717) is 37.1 Å². The number of rotatable bonds is 9. The zero-order valence-corrected chi connectivity index (χ0v) is 17.6. The largest absolute Gasteiger partial charge is 0.506 e. The highest BCUT2D eigenvalue weighted by molar-refractivity contribution is 6.32. The second-order valence-corrected chi connectivity index (χ2v) is 7.92. The van der Waals surface area contributed by atoms with Crippen molar-refractivity contribution in [3.63, 3.8) is 0 Å². The first-order valence-corrected chi connectivity index (χ1v) is 10.7. The number of nitrogens with zero attached hydrogens (tertiary/aromatic N) is 2. The molecule has 0 spiro atoms. The molecule has 0 unspecified atom stereocenters. The monoisotopic (exact) mass is 438 g/mol. The zero-order valence-electron chi connectivity index (χ0n) is 17.6. The third kappa shape index (κ3) is 3.66. The molecule has 0 aliphatic heterocycles. The smallest absolute Gasteiger partial charge is 0.198 e. The van der Waals surface area contributed by atoms with E-state index in [1.807, 2.05) is 4.90 Å². The highest BCUT2D eigenvalue weighted by atomic mass is 16.3. The summed E-state index contributed by atoms with van der Waals surface area (Å²) in [6, 6.07) is 8.03. The van der Waals surface area contributed by atoms with Gasteiger partial charge in [0.1, 0.15) is 5.75 Å². The van der Waals surface area contributed by atoms with Gasteiger partial charge in [0.2, 0.25) is 0 Å². The molecule has 8 nitrogen and oxygen atoms in total. The van der Waals surface area contributed by atoms with Crippen molar-refractivity contribution in [3.05, 3.63) is 58.8 Å². The summed E-state index contributed by atoms with van der Waals surface area (Å²) in [5.41, 5.74) is 0.443. The minimum Gasteiger partial charge on any atom is -0.506 e. The predicted octanol–water partition coefficient (Wildman–Crippen LogP) is 1.89. The summed E-state index contributed by atoms with van der Waals surface area (Å²) in [7, 11) is 0. The number of phenols is 2. The lowest BCUT2D eigenvalue weighted by Crippen LogP contribution is -2.30. The summed E-state index contributed by atoms with van der Waals surface area (Å²) < 4.78 is 1.77. The number of hydrogen-bond acceptors (Lipinski definition) is 7. The fourth-order valence-corrected chi connectivity index (χ4v) is 4.43. The Hall–Kier alpha value is -3.20. The quantitative estimate of drug-likeness (QED) is 0.232. The number of carbonyl (C=O) groups excluding carboxylic acids is 2. The van der Waals surface area contributed by atoms with Crippen LogP contribution in [0.1, 0.15) is 44.7 Å². The van der Waals surface area contributed by atoms with Crippen LogP contribution in [0.25, 0.3) is 10.9 Å². The molecule has 0 fully saturated rings. The number of phenolic OH excluding ortho intramolecular Hbond substituents is 2. The van der Waals surface area contributed by atoms with Crippen molar-refractivity contribution in [2.45, 2.75) is 19.4 Å². The maximum absolute atomic E-state index is 13.1. The summed E-state index contributed by atoms with van der Waals surface area (Å²) in [5, 5.41) is 40.4. The van der Waals surface area contributed by atoms with Crippen LogP contribution in [0.2, 0.25) is 0 Å². The number of aromatic hydroxyl groups is 2. The molecule has 4 N–H and O–H groups in total. The Balaban J connectivity index is 1.63. The number of fused-ring (bicyclic) bond motifs is 3. The van der Waals surface area contributed by atoms with E-state index < -0.39 is 11.6 Å². The van der Waals surface area contributed by atoms with Crippen molar-refractivity contribution >= 4 is 22.5 Å². The van der Waals surface area contributed by atoms with E-state index in [9.17, 15) is 19.8 Å². The average Bonchev–Trinajstić information content (AvgIpc) is 3.22. The number of aliphatic hydroxyl groups excluding tert-OH is 2. The lowest BCUT2D eigenvalue weighted by molar-refractivity contribution is 0.0974. The summed E-state index contributed by atoms with van der Waals surface area (Å²) >= 11 is 0. The summed E-state index contributed by atoms with van der Waals surface area (Å²) in [5.74, 6) is -1.56. The van der Waals surface area contributed by atoms with Gasteiger partial charge < -0.3 is 25.0 Å². The Bertz CT molecular complexity index is 1180. The zero-order chi connectivity index (χ0) is 22.8. The molecule has 1 aliphatic rings. The highest BCUT2D eigenvalue weighted by Crippen LogP contribution is 2.44. The van der Waals surface area contributed by atoms with E-state index in [4.69, 9.17) is 10.2 Å². The number of carbonyl (C=O) groups is 2. The Kier molecular flexibility index (Phi) is 6.27. The van der Waals surface area contributed by atoms with Crippen molar-refractivity contribution < 1.29 is 30.0 Å². The van der Waals surface area contributed by atoms with E-state index in [2.05, 4.69) is 0 Å². The molecule has 168 valence electrons. The number of hydrogen-bond donors (Lipinski definition) is 4. The second-order valence-electron chi connectivity index (χ2n) is 7.92. The number of aliphatic hydroxyl groups is 2. The SMILES string of the molecule is O=C1c2ccccc2C(=O)c2c1c(O)c1ccn(CCCCN(CCO)CCO)c1c2O. The summed E-state index contributed by atoms with van der Waals surface area (Å²) in [6.07, 6.45) is 3.25. The molecule has 8 heteroatoms. The van der Waals surface area contributed by atoms with E-state index in [0.717, 1.165) is 12.8 Å². The minimum atomic E-state index is -0.485. The predicted molar refractivity (Wildman–Crippen MR) is 118 cm³/mol. The Morgan fingerprint density at radius 1 is 0.781 bits per heavy atom. The molecule has 1 aliphatic carbocycles. The van der Waals surface area contributed by atoms with Gasteiger partial charge in [-0.1, -0.05) is 24.3 Å². The van der Waals surface area contributed by atoms with Gasteiger partial charge in [-0.15, -0.1) is 0 Å². The van der Waals surface area contributed by atoms with Crippen LogP contribution in [0.4, 0.5) is 0 Å². The molecule has 1 aromatic heterocycles. The van der Waals surface area contributed by atoms with Gasteiger partial charge in [-0.2, -0.15) is 0 Å². The maximum Gasteiger partial charge on any atom is 0.198 e. The average molecular weight is 438 g/mol. The van der Waals surface area contributed by atoms with E-state index in [-0.39, 0.29) is 47.0 Å². The molecule has 0 bridgehead atoms. The Labute approximate surface area is 184 Å². The van der Waals surface area contributed by atoms with Crippen LogP contribution >= 0.6 is 0 Å². The first-order valence-electron chi connectivity index (χ1n) is 10.7. The maximum atomic E-state index is 13.1. The molecule has 4 rings (SSSR count). The first-order chi connectivity index (χ1) is 15.5. The van der Waals surface area contributed by atoms with Crippen LogP contribution in [0.3, 0.4) is 0 Å². The number of benzene rings is 2. The third-order valence-electron chi connectivity index (χ3n) is 5.99. The molecule has 32 heavy (non-hydrogen) atoms. The molecular weight excluding hydrogens is 412 g/mol. The molecule has 0 saturated heterocycles. The Morgan fingerprint density at radius 3 is 1.97 bits per heavy atom. The van der Waals surface area contributed by atoms with Crippen LogP contribution in [0.5, 0.6) is 11.5 Å². The van der Waals surface area contributed by atoms with E-state index in [1.165, 1.54) is 0 Å². The van der Waals surface area contributed by atoms with Gasteiger partial charge in [0.15, 0.2) is 17.3 Å². The number of aromatic nitrogens is 1. The van der Waals surface area contributed by atoms with Gasteiger partial charge in [0.25, 0.3) is 0 Å². The van der Waals surface area contributed by atoms with E-state index >= 15 is 0 Å². The van der Waals surface area contributed by atoms with Crippen LogP contribution in [0.15, 0.2) is 36.5 Å². The normalized spacial score (nSPS) is 13.1. The van der Waals surface area contributed by atoms with Crippen molar-refractivity contribution in [1.29, 1.82) is 0 Å². The van der Waals surface area contributed by atoms with Crippen molar-refractivity contribution in [1.82, 2.24) is 9.47 Å². The fraction of sp³-hybridized carbons (Fsp3) is 0.333. The summed E-state index contributed by atoms with van der Waals surface area (Å²) in [6.45, 7) is 2.26. The topological polar surface area (TPSA) is 123 Å². The van der Waals surface area contributed by atoms with E-state index in [1.54, 1.807) is 41.1 Å². The van der Waals surface area contributed by atoms with Crippen LogP contribution in [-0.2, 0) is 6.54 Å². The first kappa shape index (κ1) is 22.0. The van der Waals surface area contributed by atoms with Gasteiger partial charge in [-0.3, -0.25) is 14.5 Å². The molecule has 1 heterocycles. The molecule has 0 atom stereocenters. The number of ketones is 2. The molecule has 2 aromatic carbocycles. The fourth-order valence-electron chi connectivity index (χ4n) is 4.43.